The lowest BCUT2D eigenvalue weighted by atomic mass is 9.78. The Hall–Kier alpha value is -1.65. The van der Waals surface area contributed by atoms with Crippen molar-refractivity contribution in [2.75, 3.05) is 12.4 Å². The second kappa shape index (κ2) is 7.38. The average Bonchev–Trinajstić information content (AvgIpc) is 2.55. The van der Waals surface area contributed by atoms with E-state index in [-0.39, 0.29) is 5.69 Å². The SMILES string of the molecule is COC(=O)c1ccc(NC(C)C(C)C2CCCCC2)nn1. The first-order valence-corrected chi connectivity index (χ1v) is 7.80. The number of esters is 1. The highest BCUT2D eigenvalue weighted by atomic mass is 16.5. The molecule has 0 aromatic carbocycles. The van der Waals surface area contributed by atoms with Crippen molar-refractivity contribution in [1.29, 1.82) is 0 Å². The quantitative estimate of drug-likeness (QED) is 0.843. The van der Waals surface area contributed by atoms with E-state index in [2.05, 4.69) is 34.1 Å². The zero-order chi connectivity index (χ0) is 15.2. The van der Waals surface area contributed by atoms with Crippen LogP contribution in [0.5, 0.6) is 0 Å². The van der Waals surface area contributed by atoms with E-state index in [1.165, 1.54) is 39.2 Å². The molecule has 1 saturated carbocycles. The molecule has 1 aromatic rings. The van der Waals surface area contributed by atoms with Gasteiger partial charge in [-0.05, 0) is 30.9 Å². The van der Waals surface area contributed by atoms with Crippen molar-refractivity contribution in [2.24, 2.45) is 11.8 Å². The molecule has 2 atom stereocenters. The van der Waals surface area contributed by atoms with Crippen molar-refractivity contribution in [3.05, 3.63) is 17.8 Å². The van der Waals surface area contributed by atoms with E-state index < -0.39 is 5.97 Å². The molecular formula is C16H25N3O2. The molecule has 1 aromatic heterocycles. The Morgan fingerprint density at radius 3 is 2.52 bits per heavy atom. The maximum Gasteiger partial charge on any atom is 0.358 e. The Bertz CT molecular complexity index is 455. The van der Waals surface area contributed by atoms with Crippen molar-refractivity contribution < 1.29 is 9.53 Å². The van der Waals surface area contributed by atoms with Crippen LogP contribution in [0.25, 0.3) is 0 Å². The van der Waals surface area contributed by atoms with Crippen LogP contribution < -0.4 is 5.32 Å². The number of rotatable bonds is 5. The Balaban J connectivity index is 1.92. The van der Waals surface area contributed by atoms with Gasteiger partial charge in [0.05, 0.1) is 7.11 Å². The number of nitrogens with one attached hydrogen (secondary N) is 1. The van der Waals surface area contributed by atoms with E-state index in [4.69, 9.17) is 0 Å². The molecule has 0 radical (unpaired) electrons. The molecule has 0 spiro atoms. The third-order valence-corrected chi connectivity index (χ3v) is 4.62. The van der Waals surface area contributed by atoms with Gasteiger partial charge in [0, 0.05) is 6.04 Å². The van der Waals surface area contributed by atoms with Crippen LogP contribution in [0, 0.1) is 11.8 Å². The molecule has 5 heteroatoms. The first-order valence-electron chi connectivity index (χ1n) is 7.80. The molecule has 0 aliphatic heterocycles. The fourth-order valence-electron chi connectivity index (χ4n) is 3.06. The second-order valence-electron chi connectivity index (χ2n) is 5.99. The minimum absolute atomic E-state index is 0.232. The predicted molar refractivity (Wildman–Crippen MR) is 82.2 cm³/mol. The van der Waals surface area contributed by atoms with Gasteiger partial charge in [0.2, 0.25) is 0 Å². The van der Waals surface area contributed by atoms with Crippen LogP contribution in [0.1, 0.15) is 56.4 Å². The van der Waals surface area contributed by atoms with Crippen LogP contribution in [0.3, 0.4) is 0 Å². The molecule has 1 N–H and O–H groups in total. The molecule has 21 heavy (non-hydrogen) atoms. The van der Waals surface area contributed by atoms with Gasteiger partial charge in [0.1, 0.15) is 5.82 Å². The number of aromatic nitrogens is 2. The van der Waals surface area contributed by atoms with Crippen LogP contribution >= 0.6 is 0 Å². The lowest BCUT2D eigenvalue weighted by Crippen LogP contribution is -2.31. The van der Waals surface area contributed by atoms with E-state index in [0.717, 1.165) is 5.92 Å². The van der Waals surface area contributed by atoms with Gasteiger partial charge in [-0.15, -0.1) is 10.2 Å². The second-order valence-corrected chi connectivity index (χ2v) is 5.99. The summed E-state index contributed by atoms with van der Waals surface area (Å²) in [5, 5.41) is 11.3. The van der Waals surface area contributed by atoms with E-state index in [1.807, 2.05) is 0 Å². The standard InChI is InChI=1S/C16H25N3O2/c1-11(13-7-5-4-6-8-13)12(2)17-15-10-9-14(18-19-15)16(20)21-3/h9-13H,4-8H2,1-3H3,(H,17,19). The molecule has 2 rings (SSSR count). The van der Waals surface area contributed by atoms with Crippen molar-refractivity contribution >= 4 is 11.8 Å². The third kappa shape index (κ3) is 4.16. The van der Waals surface area contributed by atoms with Crippen LogP contribution in [0.2, 0.25) is 0 Å². The van der Waals surface area contributed by atoms with Crippen molar-refractivity contribution in [3.8, 4) is 0 Å². The summed E-state index contributed by atoms with van der Waals surface area (Å²) in [4.78, 5) is 11.3. The lowest BCUT2D eigenvalue weighted by molar-refractivity contribution is 0.0593. The molecule has 1 heterocycles. The number of nitrogens with zero attached hydrogens (tertiary/aromatic N) is 2. The zero-order valence-corrected chi connectivity index (χ0v) is 13.1. The molecule has 0 saturated heterocycles. The molecule has 0 amide bonds. The normalized spacial score (nSPS) is 18.8. The highest BCUT2D eigenvalue weighted by Gasteiger charge is 2.24. The van der Waals surface area contributed by atoms with Crippen LogP contribution in [-0.2, 0) is 4.74 Å². The number of methoxy groups -OCH3 is 1. The number of carbonyl (C=O) groups is 1. The molecule has 0 bridgehead atoms. The number of hydrogen-bond donors (Lipinski definition) is 1. The van der Waals surface area contributed by atoms with Gasteiger partial charge in [0.25, 0.3) is 0 Å². The molecule has 1 fully saturated rings. The first-order chi connectivity index (χ1) is 10.1. The maximum absolute atomic E-state index is 11.3. The summed E-state index contributed by atoms with van der Waals surface area (Å²) in [5.41, 5.74) is 0.232. The third-order valence-electron chi connectivity index (χ3n) is 4.62. The molecule has 2 unspecified atom stereocenters. The van der Waals surface area contributed by atoms with E-state index in [1.54, 1.807) is 12.1 Å². The molecule has 116 valence electrons. The molecular weight excluding hydrogens is 266 g/mol. The summed E-state index contributed by atoms with van der Waals surface area (Å²) in [7, 11) is 1.34. The van der Waals surface area contributed by atoms with E-state index in [9.17, 15) is 4.79 Å². The summed E-state index contributed by atoms with van der Waals surface area (Å²) in [6.07, 6.45) is 6.76. The first kappa shape index (κ1) is 15.7. The summed E-state index contributed by atoms with van der Waals surface area (Å²) in [6.45, 7) is 4.50. The summed E-state index contributed by atoms with van der Waals surface area (Å²) in [5.74, 6) is 1.64. The minimum Gasteiger partial charge on any atom is -0.464 e. The van der Waals surface area contributed by atoms with Gasteiger partial charge >= 0.3 is 5.97 Å². The number of hydrogen-bond acceptors (Lipinski definition) is 5. The van der Waals surface area contributed by atoms with Crippen molar-refractivity contribution in [3.63, 3.8) is 0 Å². The largest absolute Gasteiger partial charge is 0.464 e. The molecule has 5 nitrogen and oxygen atoms in total. The van der Waals surface area contributed by atoms with Crippen LogP contribution in [0.4, 0.5) is 5.82 Å². The Morgan fingerprint density at radius 1 is 1.24 bits per heavy atom. The Labute approximate surface area is 126 Å². The number of anilines is 1. The maximum atomic E-state index is 11.3. The van der Waals surface area contributed by atoms with Crippen LogP contribution in [0.15, 0.2) is 12.1 Å². The zero-order valence-electron chi connectivity index (χ0n) is 13.1. The smallest absolute Gasteiger partial charge is 0.358 e. The lowest BCUT2D eigenvalue weighted by Gasteiger charge is -2.32. The fraction of sp³-hybridized carbons (Fsp3) is 0.688. The summed E-state index contributed by atoms with van der Waals surface area (Å²) in [6, 6.07) is 3.76. The van der Waals surface area contributed by atoms with Crippen LogP contribution in [-0.4, -0.2) is 29.3 Å². The van der Waals surface area contributed by atoms with Crippen molar-refractivity contribution in [1.82, 2.24) is 10.2 Å². The summed E-state index contributed by atoms with van der Waals surface area (Å²) < 4.78 is 4.61. The molecule has 1 aliphatic carbocycles. The number of carbonyl (C=O) groups excluding carboxylic acids is 1. The highest BCUT2D eigenvalue weighted by molar-refractivity contribution is 5.86. The van der Waals surface area contributed by atoms with Gasteiger partial charge in [-0.1, -0.05) is 39.0 Å². The fourth-order valence-corrected chi connectivity index (χ4v) is 3.06. The van der Waals surface area contributed by atoms with Crippen molar-refractivity contribution in [2.45, 2.75) is 52.0 Å². The van der Waals surface area contributed by atoms with Gasteiger partial charge in [-0.25, -0.2) is 4.79 Å². The average molecular weight is 291 g/mol. The number of ether oxygens (including phenoxy) is 1. The predicted octanol–water partition coefficient (Wildman–Crippen LogP) is 3.28. The van der Waals surface area contributed by atoms with Gasteiger partial charge in [-0.3, -0.25) is 0 Å². The monoisotopic (exact) mass is 291 g/mol. The Kier molecular flexibility index (Phi) is 5.53. The molecule has 1 aliphatic rings. The van der Waals surface area contributed by atoms with Gasteiger partial charge in [-0.2, -0.15) is 0 Å². The highest BCUT2D eigenvalue weighted by Crippen LogP contribution is 2.32. The van der Waals surface area contributed by atoms with Gasteiger partial charge < -0.3 is 10.1 Å². The minimum atomic E-state index is -0.460. The van der Waals surface area contributed by atoms with Gasteiger partial charge in [0.15, 0.2) is 5.69 Å². The summed E-state index contributed by atoms with van der Waals surface area (Å²) >= 11 is 0. The Morgan fingerprint density at radius 2 is 1.95 bits per heavy atom. The topological polar surface area (TPSA) is 64.1 Å². The van der Waals surface area contributed by atoms with E-state index >= 15 is 0 Å². The van der Waals surface area contributed by atoms with E-state index in [0.29, 0.717) is 17.8 Å².